The fourth-order valence-corrected chi connectivity index (χ4v) is 2.11. The van der Waals surface area contributed by atoms with Crippen molar-refractivity contribution in [3.05, 3.63) is 35.9 Å². The number of nitrogens with zero attached hydrogens (tertiary/aromatic N) is 1. The molecule has 1 aliphatic heterocycles. The normalized spacial score (nSPS) is 29.0. The number of benzene rings is 1. The lowest BCUT2D eigenvalue weighted by molar-refractivity contribution is 0.114. The molecule has 1 aromatic rings. The lowest BCUT2D eigenvalue weighted by Crippen LogP contribution is -2.34. The van der Waals surface area contributed by atoms with Crippen LogP contribution in [0.2, 0.25) is 0 Å². The van der Waals surface area contributed by atoms with E-state index < -0.39 is 6.17 Å². The van der Waals surface area contributed by atoms with E-state index >= 15 is 0 Å². The second kappa shape index (κ2) is 4.09. The molecule has 1 aliphatic rings. The maximum Gasteiger partial charge on any atom is 0.103 e. The van der Waals surface area contributed by atoms with E-state index in [2.05, 4.69) is 24.1 Å². The van der Waals surface area contributed by atoms with Crippen molar-refractivity contribution in [1.82, 2.24) is 4.90 Å². The van der Waals surface area contributed by atoms with Crippen LogP contribution in [0.4, 0.5) is 4.39 Å². The van der Waals surface area contributed by atoms with Gasteiger partial charge in [-0.15, -0.1) is 0 Å². The zero-order valence-electron chi connectivity index (χ0n) is 8.49. The number of hydrogen-bond donors (Lipinski definition) is 0. The van der Waals surface area contributed by atoms with E-state index in [4.69, 9.17) is 0 Å². The summed E-state index contributed by atoms with van der Waals surface area (Å²) in [6.45, 7) is 0.862. The zero-order valence-corrected chi connectivity index (χ0v) is 8.49. The molecule has 0 aromatic heterocycles. The zero-order chi connectivity index (χ0) is 9.97. The summed E-state index contributed by atoms with van der Waals surface area (Å²) in [5.41, 5.74) is 1.23. The van der Waals surface area contributed by atoms with Crippen molar-refractivity contribution in [3.63, 3.8) is 0 Å². The molecular weight excluding hydrogens is 177 g/mol. The van der Waals surface area contributed by atoms with Crippen LogP contribution in [0.5, 0.6) is 0 Å². The Bertz CT molecular complexity index is 286. The Hall–Kier alpha value is -0.890. The van der Waals surface area contributed by atoms with Gasteiger partial charge < -0.3 is 0 Å². The quantitative estimate of drug-likeness (QED) is 0.663. The Balaban J connectivity index is 2.16. The summed E-state index contributed by atoms with van der Waals surface area (Å²) in [6, 6.07) is 10.5. The van der Waals surface area contributed by atoms with Gasteiger partial charge in [0.2, 0.25) is 0 Å². The second-order valence-corrected chi connectivity index (χ2v) is 4.03. The number of rotatable bonds is 1. The molecule has 0 saturated carbocycles. The van der Waals surface area contributed by atoms with Gasteiger partial charge in [-0.3, -0.25) is 4.90 Å². The molecule has 0 N–H and O–H groups in total. The van der Waals surface area contributed by atoms with Gasteiger partial charge in [-0.05, 0) is 25.5 Å². The first-order valence-electron chi connectivity index (χ1n) is 5.16. The van der Waals surface area contributed by atoms with Crippen molar-refractivity contribution in [2.75, 3.05) is 13.6 Å². The molecule has 0 amide bonds. The van der Waals surface area contributed by atoms with Gasteiger partial charge in [-0.1, -0.05) is 30.3 Å². The first-order chi connectivity index (χ1) is 6.77. The number of hydrogen-bond acceptors (Lipinski definition) is 1. The molecule has 2 heteroatoms. The predicted molar refractivity (Wildman–Crippen MR) is 55.9 cm³/mol. The first kappa shape index (κ1) is 9.66. The van der Waals surface area contributed by atoms with Gasteiger partial charge in [-0.2, -0.15) is 0 Å². The average Bonchev–Trinajstić information content (AvgIpc) is 2.23. The number of piperidine rings is 1. The van der Waals surface area contributed by atoms with Gasteiger partial charge in [0.15, 0.2) is 0 Å². The molecule has 2 atom stereocenters. The van der Waals surface area contributed by atoms with Crippen LogP contribution in [0.1, 0.15) is 24.4 Å². The van der Waals surface area contributed by atoms with Crippen molar-refractivity contribution in [2.24, 2.45) is 0 Å². The minimum atomic E-state index is -0.628. The van der Waals surface area contributed by atoms with Crippen LogP contribution < -0.4 is 0 Å². The van der Waals surface area contributed by atoms with Crippen molar-refractivity contribution in [3.8, 4) is 0 Å². The molecule has 0 bridgehead atoms. The van der Waals surface area contributed by atoms with E-state index in [0.29, 0.717) is 12.8 Å². The maximum atomic E-state index is 13.3. The van der Waals surface area contributed by atoms with Crippen LogP contribution in [-0.2, 0) is 0 Å². The molecule has 0 aliphatic carbocycles. The summed E-state index contributed by atoms with van der Waals surface area (Å²) in [7, 11) is 2.07. The van der Waals surface area contributed by atoms with E-state index in [9.17, 15) is 4.39 Å². The van der Waals surface area contributed by atoms with E-state index in [0.717, 1.165) is 6.54 Å². The fraction of sp³-hybridized carbons (Fsp3) is 0.500. The van der Waals surface area contributed by atoms with Gasteiger partial charge in [-0.25, -0.2) is 4.39 Å². The molecule has 1 fully saturated rings. The molecule has 0 spiro atoms. The third-order valence-corrected chi connectivity index (χ3v) is 2.99. The van der Waals surface area contributed by atoms with Gasteiger partial charge in [0, 0.05) is 12.6 Å². The van der Waals surface area contributed by atoms with E-state index in [-0.39, 0.29) is 6.04 Å². The molecule has 1 aromatic carbocycles. The highest BCUT2D eigenvalue weighted by Crippen LogP contribution is 2.30. The van der Waals surface area contributed by atoms with Crippen LogP contribution in [0.15, 0.2) is 30.3 Å². The fourth-order valence-electron chi connectivity index (χ4n) is 2.11. The Morgan fingerprint density at radius 1 is 1.29 bits per heavy atom. The van der Waals surface area contributed by atoms with Crippen LogP contribution >= 0.6 is 0 Å². The van der Waals surface area contributed by atoms with Crippen molar-refractivity contribution >= 4 is 0 Å². The minimum Gasteiger partial charge on any atom is -0.299 e. The Labute approximate surface area is 84.5 Å². The molecule has 1 saturated heterocycles. The van der Waals surface area contributed by atoms with E-state index in [1.165, 1.54) is 5.56 Å². The van der Waals surface area contributed by atoms with Gasteiger partial charge in [0.1, 0.15) is 6.17 Å². The van der Waals surface area contributed by atoms with Crippen LogP contribution in [0.3, 0.4) is 0 Å². The summed E-state index contributed by atoms with van der Waals surface area (Å²) in [5.74, 6) is 0. The standard InChI is InChI=1S/C12H16FN/c1-14-8-7-11(13)9-12(14)10-5-3-2-4-6-10/h2-6,11-12H,7-9H2,1H3/t11-,12+/m1/s1. The molecule has 76 valence electrons. The highest BCUT2D eigenvalue weighted by molar-refractivity contribution is 5.19. The Morgan fingerprint density at radius 3 is 2.71 bits per heavy atom. The van der Waals surface area contributed by atoms with Crippen LogP contribution in [0, 0.1) is 0 Å². The van der Waals surface area contributed by atoms with E-state index in [1.54, 1.807) is 0 Å². The SMILES string of the molecule is CN1CC[C@@H](F)C[C@H]1c1ccccc1. The highest BCUT2D eigenvalue weighted by Gasteiger charge is 2.26. The maximum absolute atomic E-state index is 13.3. The molecular formula is C12H16FN. The van der Waals surface area contributed by atoms with Crippen molar-refractivity contribution < 1.29 is 4.39 Å². The monoisotopic (exact) mass is 193 g/mol. The lowest BCUT2D eigenvalue weighted by atomic mass is 9.95. The van der Waals surface area contributed by atoms with Crippen molar-refractivity contribution in [2.45, 2.75) is 25.1 Å². The third-order valence-electron chi connectivity index (χ3n) is 2.99. The largest absolute Gasteiger partial charge is 0.299 e. The minimum absolute atomic E-state index is 0.264. The molecule has 0 unspecified atom stereocenters. The molecule has 1 nitrogen and oxygen atoms in total. The third kappa shape index (κ3) is 1.95. The summed E-state index contributed by atoms with van der Waals surface area (Å²) in [4.78, 5) is 2.24. The molecule has 14 heavy (non-hydrogen) atoms. The average molecular weight is 193 g/mol. The van der Waals surface area contributed by atoms with Crippen molar-refractivity contribution in [1.29, 1.82) is 0 Å². The summed E-state index contributed by atoms with van der Waals surface area (Å²) in [6.07, 6.45) is 0.691. The van der Waals surface area contributed by atoms with Gasteiger partial charge in [0.25, 0.3) is 0 Å². The first-order valence-corrected chi connectivity index (χ1v) is 5.16. The Morgan fingerprint density at radius 2 is 2.00 bits per heavy atom. The lowest BCUT2D eigenvalue weighted by Gasteiger charge is -2.34. The number of halogens is 1. The topological polar surface area (TPSA) is 3.24 Å². The van der Waals surface area contributed by atoms with Crippen LogP contribution in [-0.4, -0.2) is 24.7 Å². The highest BCUT2D eigenvalue weighted by atomic mass is 19.1. The second-order valence-electron chi connectivity index (χ2n) is 4.03. The smallest absolute Gasteiger partial charge is 0.103 e. The summed E-state index contributed by atoms with van der Waals surface area (Å²) >= 11 is 0. The number of likely N-dealkylation sites (tertiary alicyclic amines) is 1. The number of alkyl halides is 1. The molecule has 2 rings (SSSR count). The summed E-state index contributed by atoms with van der Waals surface area (Å²) < 4.78 is 13.3. The Kier molecular flexibility index (Phi) is 2.82. The van der Waals surface area contributed by atoms with Gasteiger partial charge >= 0.3 is 0 Å². The van der Waals surface area contributed by atoms with Crippen LogP contribution in [0.25, 0.3) is 0 Å². The predicted octanol–water partition coefficient (Wildman–Crippen LogP) is 2.79. The van der Waals surface area contributed by atoms with E-state index in [1.807, 2.05) is 18.2 Å². The van der Waals surface area contributed by atoms with Gasteiger partial charge in [0.05, 0.1) is 0 Å². The molecule has 1 heterocycles. The summed E-state index contributed by atoms with van der Waals surface area (Å²) in [5, 5.41) is 0. The molecule has 0 radical (unpaired) electrons.